The average Bonchev–Trinajstić information content (AvgIpc) is 2.63. The Hall–Kier alpha value is -1.73. The summed E-state index contributed by atoms with van der Waals surface area (Å²) >= 11 is 6.63. The molecule has 1 heterocycles. The van der Waals surface area contributed by atoms with Crippen LogP contribution in [0.2, 0.25) is 5.15 Å². The van der Waals surface area contributed by atoms with Crippen molar-refractivity contribution in [2.75, 3.05) is 0 Å². The zero-order valence-corrected chi connectivity index (χ0v) is 9.67. The van der Waals surface area contributed by atoms with E-state index in [1.165, 1.54) is 5.38 Å². The molecule has 0 fully saturated rings. The van der Waals surface area contributed by atoms with Gasteiger partial charge in [0.1, 0.15) is 11.0 Å². The highest BCUT2D eigenvalue weighted by molar-refractivity contribution is 7.11. The van der Waals surface area contributed by atoms with E-state index in [4.69, 9.17) is 16.3 Å². The Morgan fingerprint density at radius 3 is 2.88 bits per heavy atom. The van der Waals surface area contributed by atoms with Crippen molar-refractivity contribution >= 4 is 28.6 Å². The smallest absolute Gasteiger partial charge is 0.311 e. The molecule has 2 aromatic rings. The summed E-state index contributed by atoms with van der Waals surface area (Å²) in [4.78, 5) is 13.8. The molecule has 0 amide bonds. The lowest BCUT2D eigenvalue weighted by atomic mass is 10.3. The van der Waals surface area contributed by atoms with E-state index in [2.05, 4.69) is 4.98 Å². The van der Waals surface area contributed by atoms with Crippen molar-refractivity contribution in [3.8, 4) is 10.9 Å². The van der Waals surface area contributed by atoms with Gasteiger partial charge in [0, 0.05) is 17.5 Å². The normalized spacial score (nSPS) is 10.2. The summed E-state index contributed by atoms with van der Waals surface area (Å²) in [7, 11) is 0. The summed E-state index contributed by atoms with van der Waals surface area (Å²) in [5.74, 6) is -0.839. The molecule has 0 spiro atoms. The first-order valence-corrected chi connectivity index (χ1v) is 5.55. The Bertz CT molecular complexity index is 575. The van der Waals surface area contributed by atoms with Crippen LogP contribution in [0.3, 0.4) is 0 Å². The first-order valence-electron chi connectivity index (χ1n) is 4.29. The van der Waals surface area contributed by atoms with Gasteiger partial charge in [-0.25, -0.2) is 4.39 Å². The number of ether oxygens (including phenoxy) is 1. The lowest BCUT2D eigenvalue weighted by molar-refractivity contribution is -0.385. The molecule has 0 atom stereocenters. The van der Waals surface area contributed by atoms with E-state index in [-0.39, 0.29) is 21.8 Å². The van der Waals surface area contributed by atoms with Gasteiger partial charge in [0.05, 0.1) is 4.92 Å². The average molecular weight is 275 g/mol. The van der Waals surface area contributed by atoms with Crippen LogP contribution in [0.25, 0.3) is 0 Å². The third-order valence-electron chi connectivity index (χ3n) is 1.77. The van der Waals surface area contributed by atoms with Crippen LogP contribution in [-0.2, 0) is 0 Å². The molecule has 17 heavy (non-hydrogen) atoms. The predicted molar refractivity (Wildman–Crippen MR) is 60.3 cm³/mol. The van der Waals surface area contributed by atoms with Crippen molar-refractivity contribution in [1.29, 1.82) is 0 Å². The monoisotopic (exact) mass is 274 g/mol. The fraction of sp³-hybridized carbons (Fsp3) is 0. The standard InChI is InChI=1S/C9H4ClFN2O3S/c10-8-4-17-9(12-8)16-7-3-5(11)1-2-6(7)13(14)15/h1-4H. The molecule has 88 valence electrons. The van der Waals surface area contributed by atoms with Gasteiger partial charge in [0.2, 0.25) is 5.75 Å². The van der Waals surface area contributed by atoms with Crippen molar-refractivity contribution in [1.82, 2.24) is 4.98 Å². The molecule has 1 aromatic heterocycles. The van der Waals surface area contributed by atoms with Crippen LogP contribution < -0.4 is 4.74 Å². The largest absolute Gasteiger partial charge is 0.423 e. The molecule has 0 aliphatic heterocycles. The second-order valence-corrected chi connectivity index (χ2v) is 4.12. The number of hydrogen-bond donors (Lipinski definition) is 0. The van der Waals surface area contributed by atoms with Gasteiger partial charge >= 0.3 is 5.69 Å². The minimum Gasteiger partial charge on any atom is -0.423 e. The SMILES string of the molecule is O=[N+]([O-])c1ccc(F)cc1Oc1nc(Cl)cs1. The summed E-state index contributed by atoms with van der Waals surface area (Å²) in [5, 5.41) is 12.5. The topological polar surface area (TPSA) is 65.3 Å². The third-order valence-corrected chi connectivity index (χ3v) is 2.81. The van der Waals surface area contributed by atoms with Crippen LogP contribution in [0.15, 0.2) is 23.6 Å². The van der Waals surface area contributed by atoms with Crippen molar-refractivity contribution in [2.24, 2.45) is 0 Å². The molecule has 0 saturated carbocycles. The van der Waals surface area contributed by atoms with Gasteiger partial charge in [0.25, 0.3) is 5.19 Å². The maximum absolute atomic E-state index is 13.0. The van der Waals surface area contributed by atoms with Gasteiger partial charge in [-0.3, -0.25) is 10.1 Å². The number of nitrogens with zero attached hydrogens (tertiary/aromatic N) is 2. The van der Waals surface area contributed by atoms with E-state index in [1.807, 2.05) is 0 Å². The van der Waals surface area contributed by atoms with Gasteiger partial charge in [-0.2, -0.15) is 4.98 Å². The Morgan fingerprint density at radius 2 is 2.29 bits per heavy atom. The number of rotatable bonds is 3. The maximum atomic E-state index is 13.0. The van der Waals surface area contributed by atoms with E-state index in [9.17, 15) is 14.5 Å². The quantitative estimate of drug-likeness (QED) is 0.633. The zero-order valence-electron chi connectivity index (χ0n) is 8.09. The Labute approximate surface area is 104 Å². The molecule has 0 aliphatic rings. The van der Waals surface area contributed by atoms with E-state index in [0.29, 0.717) is 0 Å². The number of halogens is 2. The van der Waals surface area contributed by atoms with Gasteiger partial charge in [-0.05, 0) is 6.07 Å². The van der Waals surface area contributed by atoms with Crippen molar-refractivity contribution in [2.45, 2.75) is 0 Å². The van der Waals surface area contributed by atoms with Crippen LogP contribution in [0.1, 0.15) is 0 Å². The van der Waals surface area contributed by atoms with Crippen LogP contribution in [0.5, 0.6) is 10.9 Å². The van der Waals surface area contributed by atoms with Gasteiger partial charge in [-0.15, -0.1) is 0 Å². The summed E-state index contributed by atoms with van der Waals surface area (Å²) in [5.41, 5.74) is -0.335. The highest BCUT2D eigenvalue weighted by Crippen LogP contribution is 2.33. The molecule has 8 heteroatoms. The summed E-state index contributed by atoms with van der Waals surface area (Å²) in [6.45, 7) is 0. The fourth-order valence-electron chi connectivity index (χ4n) is 1.10. The second kappa shape index (κ2) is 4.64. The van der Waals surface area contributed by atoms with E-state index in [1.54, 1.807) is 0 Å². The molecule has 0 saturated heterocycles. The number of hydrogen-bond acceptors (Lipinski definition) is 5. The molecule has 2 rings (SSSR count). The van der Waals surface area contributed by atoms with Crippen molar-refractivity contribution in [3.05, 3.63) is 44.7 Å². The minimum atomic E-state index is -0.663. The summed E-state index contributed by atoms with van der Waals surface area (Å²) < 4.78 is 18.1. The van der Waals surface area contributed by atoms with Crippen molar-refractivity contribution < 1.29 is 14.1 Å². The molecule has 0 N–H and O–H groups in total. The second-order valence-electron chi connectivity index (χ2n) is 2.91. The number of thiazole rings is 1. The maximum Gasteiger partial charge on any atom is 0.311 e. The van der Waals surface area contributed by atoms with Crippen LogP contribution >= 0.6 is 22.9 Å². The molecule has 0 unspecified atom stereocenters. The molecule has 0 radical (unpaired) electrons. The predicted octanol–water partition coefficient (Wildman–Crippen LogP) is 3.64. The van der Waals surface area contributed by atoms with Crippen LogP contribution in [-0.4, -0.2) is 9.91 Å². The first-order chi connectivity index (χ1) is 8.06. The number of benzene rings is 1. The minimum absolute atomic E-state index is 0.115. The Morgan fingerprint density at radius 1 is 1.53 bits per heavy atom. The third kappa shape index (κ3) is 2.69. The fourth-order valence-corrected chi connectivity index (χ4v) is 1.90. The van der Waals surface area contributed by atoms with Crippen LogP contribution in [0, 0.1) is 15.9 Å². The number of aromatic nitrogens is 1. The first kappa shape index (κ1) is 11.7. The highest BCUT2D eigenvalue weighted by atomic mass is 35.5. The zero-order chi connectivity index (χ0) is 12.4. The molecule has 0 aliphatic carbocycles. The van der Waals surface area contributed by atoms with E-state index < -0.39 is 10.7 Å². The van der Waals surface area contributed by atoms with Crippen molar-refractivity contribution in [3.63, 3.8) is 0 Å². The van der Waals surface area contributed by atoms with Gasteiger partial charge < -0.3 is 4.74 Å². The van der Waals surface area contributed by atoms with Gasteiger partial charge in [0.15, 0.2) is 0 Å². The summed E-state index contributed by atoms with van der Waals surface area (Å²) in [6, 6.07) is 2.94. The number of nitro benzene ring substituents is 1. The lowest BCUT2D eigenvalue weighted by Crippen LogP contribution is -1.94. The van der Waals surface area contributed by atoms with Gasteiger partial charge in [-0.1, -0.05) is 22.9 Å². The van der Waals surface area contributed by atoms with Crippen LogP contribution in [0.4, 0.5) is 10.1 Å². The molecule has 0 bridgehead atoms. The Balaban J connectivity index is 2.37. The molecule has 1 aromatic carbocycles. The molecular weight excluding hydrogens is 271 g/mol. The van der Waals surface area contributed by atoms with E-state index >= 15 is 0 Å². The Kier molecular flexibility index (Phi) is 3.21. The highest BCUT2D eigenvalue weighted by Gasteiger charge is 2.17. The summed E-state index contributed by atoms with van der Waals surface area (Å²) in [6.07, 6.45) is 0. The molecular formula is C9H4ClFN2O3S. The van der Waals surface area contributed by atoms with E-state index in [0.717, 1.165) is 29.5 Å². The lowest BCUT2D eigenvalue weighted by Gasteiger charge is -2.02. The number of nitro groups is 1. The molecule has 5 nitrogen and oxygen atoms in total.